The Labute approximate surface area is 244 Å². The zero-order valence-electron chi connectivity index (χ0n) is 22.8. The highest BCUT2D eigenvalue weighted by Gasteiger charge is 2.31. The van der Waals surface area contributed by atoms with Gasteiger partial charge in [-0.25, -0.2) is 8.42 Å². The van der Waals surface area contributed by atoms with Gasteiger partial charge in [0.15, 0.2) is 0 Å². The van der Waals surface area contributed by atoms with Crippen molar-refractivity contribution in [2.45, 2.75) is 25.7 Å². The van der Waals surface area contributed by atoms with Gasteiger partial charge in [-0.05, 0) is 61.9 Å². The summed E-state index contributed by atoms with van der Waals surface area (Å²) < 4.78 is 40.2. The Bertz CT molecular complexity index is 1670. The molecule has 1 aromatic heterocycles. The second kappa shape index (κ2) is 12.3. The van der Waals surface area contributed by atoms with Crippen LogP contribution >= 0.6 is 11.6 Å². The van der Waals surface area contributed by atoms with Crippen molar-refractivity contribution in [1.29, 1.82) is 0 Å². The quantitative estimate of drug-likeness (QED) is 0.266. The number of sulfonamides is 1. The highest BCUT2D eigenvalue weighted by atomic mass is 35.5. The smallest absolute Gasteiger partial charge is 0.316 e. The van der Waals surface area contributed by atoms with Crippen LogP contribution in [0.3, 0.4) is 0 Å². The summed E-state index contributed by atoms with van der Waals surface area (Å²) in [6.45, 7) is 4.85. The molecule has 1 fully saturated rings. The molecule has 0 atom stereocenters. The number of hydrogen-bond acceptors (Lipinski definition) is 7. The van der Waals surface area contributed by atoms with E-state index in [2.05, 4.69) is 5.10 Å². The number of rotatable bonds is 9. The Morgan fingerprint density at radius 1 is 0.902 bits per heavy atom. The molecule has 0 radical (unpaired) electrons. The summed E-state index contributed by atoms with van der Waals surface area (Å²) in [5.41, 5.74) is 1.37. The Hall–Kier alpha value is -3.86. The molecule has 0 spiro atoms. The number of benzene rings is 3. The van der Waals surface area contributed by atoms with Crippen LogP contribution in [0.1, 0.15) is 19.4 Å². The predicted octanol–water partition coefficient (Wildman–Crippen LogP) is 5.12. The van der Waals surface area contributed by atoms with Gasteiger partial charge in [-0.15, -0.1) is 0 Å². The largest absolute Gasteiger partial charge is 0.481 e. The molecule has 0 unspecified atom stereocenters. The van der Waals surface area contributed by atoms with Crippen molar-refractivity contribution in [1.82, 2.24) is 14.1 Å². The van der Waals surface area contributed by atoms with Crippen LogP contribution in [0.25, 0.3) is 5.69 Å². The zero-order chi connectivity index (χ0) is 29.0. The normalized spacial score (nSPS) is 14.3. The highest BCUT2D eigenvalue weighted by molar-refractivity contribution is 7.89. The second-order valence-electron chi connectivity index (χ2n) is 9.89. The van der Waals surface area contributed by atoms with Gasteiger partial charge in [0.05, 0.1) is 17.1 Å². The third-order valence-electron chi connectivity index (χ3n) is 6.76. The molecule has 0 saturated carbocycles. The van der Waals surface area contributed by atoms with Crippen LogP contribution in [0, 0.1) is 0 Å². The van der Waals surface area contributed by atoms with Crippen molar-refractivity contribution >= 4 is 27.3 Å². The number of aromatic nitrogens is 2. The maximum atomic E-state index is 13.8. The maximum Gasteiger partial charge on any atom is 0.316 e. The second-order valence-corrected chi connectivity index (χ2v) is 12.8. The Balaban J connectivity index is 1.43. The Morgan fingerprint density at radius 2 is 1.61 bits per heavy atom. The summed E-state index contributed by atoms with van der Waals surface area (Å²) in [6.07, 6.45) is 1.58. The lowest BCUT2D eigenvalue weighted by Gasteiger charge is -2.36. The maximum absolute atomic E-state index is 13.8. The van der Waals surface area contributed by atoms with Gasteiger partial charge < -0.3 is 14.4 Å². The van der Waals surface area contributed by atoms with Crippen LogP contribution in [0.5, 0.6) is 17.2 Å². The van der Waals surface area contributed by atoms with Crippen LogP contribution in [-0.4, -0.2) is 53.9 Å². The first-order chi connectivity index (χ1) is 19.7. The van der Waals surface area contributed by atoms with E-state index in [9.17, 15) is 13.2 Å². The van der Waals surface area contributed by atoms with Gasteiger partial charge in [0.2, 0.25) is 15.8 Å². The Kier molecular flexibility index (Phi) is 8.63. The molecule has 2 heterocycles. The molecular weight excluding hydrogens is 564 g/mol. The number of ether oxygens (including phenoxy) is 2. The molecule has 214 valence electrons. The van der Waals surface area contributed by atoms with Gasteiger partial charge in [0.25, 0.3) is 0 Å². The molecule has 1 aliphatic rings. The van der Waals surface area contributed by atoms with Gasteiger partial charge >= 0.3 is 5.56 Å². The van der Waals surface area contributed by atoms with Crippen LogP contribution < -0.4 is 19.9 Å². The summed E-state index contributed by atoms with van der Waals surface area (Å²) in [5, 5.41) is 4.38. The molecule has 5 rings (SSSR count). The number of para-hydroxylation sites is 1. The molecule has 1 saturated heterocycles. The molecule has 4 aromatic rings. The molecule has 9 nitrogen and oxygen atoms in total. The number of anilines is 1. The number of piperazine rings is 1. The van der Waals surface area contributed by atoms with Gasteiger partial charge in [0, 0.05) is 31.2 Å². The first kappa shape index (κ1) is 28.7. The van der Waals surface area contributed by atoms with Crippen molar-refractivity contribution in [3.63, 3.8) is 0 Å². The molecule has 0 amide bonds. The predicted molar refractivity (Wildman–Crippen MR) is 160 cm³/mol. The lowest BCUT2D eigenvalue weighted by Crippen LogP contribution is -2.50. The van der Waals surface area contributed by atoms with Crippen LogP contribution in [0.4, 0.5) is 5.69 Å². The average molecular weight is 595 g/mol. The third kappa shape index (κ3) is 6.56. The minimum absolute atomic E-state index is 0.107. The molecule has 0 bridgehead atoms. The molecule has 41 heavy (non-hydrogen) atoms. The van der Waals surface area contributed by atoms with Crippen molar-refractivity contribution in [2.75, 3.05) is 31.1 Å². The summed E-state index contributed by atoms with van der Waals surface area (Å²) in [7, 11) is -3.37. The van der Waals surface area contributed by atoms with Crippen molar-refractivity contribution in [2.24, 2.45) is 0 Å². The average Bonchev–Trinajstić information content (AvgIpc) is 2.97. The van der Waals surface area contributed by atoms with E-state index in [1.165, 1.54) is 8.99 Å². The molecule has 1 aliphatic heterocycles. The van der Waals surface area contributed by atoms with Crippen LogP contribution in [0.2, 0.25) is 5.02 Å². The molecular formula is C30H31ClN4O5S. The topological polar surface area (TPSA) is 94.0 Å². The summed E-state index contributed by atoms with van der Waals surface area (Å²) in [4.78, 5) is 15.7. The van der Waals surface area contributed by atoms with E-state index in [1.807, 2.05) is 59.5 Å². The van der Waals surface area contributed by atoms with E-state index in [-0.39, 0.29) is 12.4 Å². The first-order valence-electron chi connectivity index (χ1n) is 13.3. The summed E-state index contributed by atoms with van der Waals surface area (Å²) in [6, 6.07) is 23.8. The number of nitrogens with zero attached hydrogens (tertiary/aromatic N) is 4. The van der Waals surface area contributed by atoms with Gasteiger partial charge in [-0.2, -0.15) is 14.1 Å². The number of halogens is 1. The van der Waals surface area contributed by atoms with Crippen LogP contribution in [0.15, 0.2) is 89.9 Å². The fourth-order valence-electron chi connectivity index (χ4n) is 4.54. The van der Waals surface area contributed by atoms with Gasteiger partial charge in [0.1, 0.15) is 23.8 Å². The molecule has 0 aliphatic carbocycles. The molecule has 3 aromatic carbocycles. The lowest BCUT2D eigenvalue weighted by molar-refractivity contribution is 0.297. The minimum Gasteiger partial charge on any atom is -0.481 e. The van der Waals surface area contributed by atoms with E-state index in [0.29, 0.717) is 54.1 Å². The van der Waals surface area contributed by atoms with E-state index >= 15 is 0 Å². The van der Waals surface area contributed by atoms with Crippen LogP contribution in [-0.2, 0) is 16.6 Å². The van der Waals surface area contributed by atoms with E-state index in [0.717, 1.165) is 5.56 Å². The van der Waals surface area contributed by atoms with E-state index in [1.54, 1.807) is 44.3 Å². The summed E-state index contributed by atoms with van der Waals surface area (Å²) in [5.74, 6) is 1.48. The van der Waals surface area contributed by atoms with Crippen molar-refractivity contribution < 1.29 is 17.9 Å². The standard InChI is InChI=1S/C30H31ClN4O5S/c1-22(2)41(37,38)34-16-14-33(15-17-34)28-20-32-35(25-10-7-9-24(31)19-25)30(36)29(28)39-21-23-8-6-13-27(18-23)40-26-11-4-3-5-12-26/h3-13,18-20,22H,14-17,21H2,1-2H3. The third-order valence-corrected chi connectivity index (χ3v) is 9.27. The molecule has 0 N–H and O–H groups in total. The Morgan fingerprint density at radius 3 is 2.32 bits per heavy atom. The monoisotopic (exact) mass is 594 g/mol. The highest BCUT2D eigenvalue weighted by Crippen LogP contribution is 2.28. The number of hydrogen-bond donors (Lipinski definition) is 0. The first-order valence-corrected chi connectivity index (χ1v) is 15.2. The minimum atomic E-state index is -3.37. The fourth-order valence-corrected chi connectivity index (χ4v) is 6.00. The van der Waals surface area contributed by atoms with Gasteiger partial charge in [-0.1, -0.05) is 48.0 Å². The van der Waals surface area contributed by atoms with E-state index < -0.39 is 20.8 Å². The molecule has 11 heteroatoms. The summed E-state index contributed by atoms with van der Waals surface area (Å²) >= 11 is 6.18. The fraction of sp³-hybridized carbons (Fsp3) is 0.267. The SMILES string of the molecule is CC(C)S(=O)(=O)N1CCN(c2cnn(-c3cccc(Cl)c3)c(=O)c2OCc2cccc(Oc3ccccc3)c2)CC1. The van der Waals surface area contributed by atoms with Crippen molar-refractivity contribution in [3.05, 3.63) is 106 Å². The zero-order valence-corrected chi connectivity index (χ0v) is 24.4. The lowest BCUT2D eigenvalue weighted by atomic mass is 10.2. The van der Waals surface area contributed by atoms with Gasteiger partial charge in [-0.3, -0.25) is 4.79 Å². The van der Waals surface area contributed by atoms with Crippen molar-refractivity contribution in [3.8, 4) is 22.9 Å². The van der Waals surface area contributed by atoms with E-state index in [4.69, 9.17) is 21.1 Å².